The van der Waals surface area contributed by atoms with Crippen LogP contribution in [0.5, 0.6) is 5.75 Å². The first-order valence-electron chi connectivity index (χ1n) is 11.6. The molecule has 7 nitrogen and oxygen atoms in total. The highest BCUT2D eigenvalue weighted by Crippen LogP contribution is 2.35. The number of rotatable bonds is 7. The normalized spacial score (nSPS) is 14.5. The van der Waals surface area contributed by atoms with E-state index < -0.39 is 29.4 Å². The molecule has 1 aliphatic heterocycles. The molecule has 0 bridgehead atoms. The number of anilines is 1. The minimum absolute atomic E-state index is 0.173. The van der Waals surface area contributed by atoms with Crippen molar-refractivity contribution in [2.24, 2.45) is 0 Å². The maximum atomic E-state index is 14.5. The number of amides is 3. The van der Waals surface area contributed by atoms with Crippen LogP contribution in [0.2, 0.25) is 10.0 Å². The average Bonchev–Trinajstić information content (AvgIpc) is 3.38. The van der Waals surface area contributed by atoms with Crippen molar-refractivity contribution in [1.29, 1.82) is 0 Å². The Balaban J connectivity index is 1.37. The molecule has 5 rings (SSSR count). The van der Waals surface area contributed by atoms with Gasteiger partial charge >= 0.3 is 0 Å². The zero-order valence-electron chi connectivity index (χ0n) is 20.4. The van der Waals surface area contributed by atoms with Crippen molar-refractivity contribution in [1.82, 2.24) is 9.47 Å². The number of nitrogens with zero attached hydrogens (tertiary/aromatic N) is 2. The van der Waals surface area contributed by atoms with E-state index in [1.807, 2.05) is 28.8 Å². The van der Waals surface area contributed by atoms with Crippen LogP contribution in [0, 0.1) is 5.82 Å². The molecule has 1 aliphatic rings. The van der Waals surface area contributed by atoms with Gasteiger partial charge in [0.2, 0.25) is 5.91 Å². The van der Waals surface area contributed by atoms with Gasteiger partial charge in [0, 0.05) is 38.9 Å². The topological polar surface area (TPSA) is 80.6 Å². The van der Waals surface area contributed by atoms with E-state index in [0.29, 0.717) is 32.6 Å². The number of halogens is 3. The maximum Gasteiger partial charge on any atom is 0.294 e. The molecule has 0 aliphatic carbocycles. The Kier molecular flexibility index (Phi) is 7.65. The van der Waals surface area contributed by atoms with Crippen molar-refractivity contribution in [3.63, 3.8) is 0 Å². The van der Waals surface area contributed by atoms with Gasteiger partial charge in [0.1, 0.15) is 18.1 Å². The fraction of sp³-hybridized carbons (Fsp3) is 0.107. The second-order valence-electron chi connectivity index (χ2n) is 8.60. The van der Waals surface area contributed by atoms with Gasteiger partial charge in [-0.3, -0.25) is 19.3 Å². The summed E-state index contributed by atoms with van der Waals surface area (Å²) in [5.41, 5.74) is 2.22. The largest absolute Gasteiger partial charge is 0.495 e. The molecule has 3 amide bonds. The summed E-state index contributed by atoms with van der Waals surface area (Å²) in [6.45, 7) is -0.282. The Labute approximate surface area is 237 Å². The molecule has 3 aromatic carbocycles. The minimum atomic E-state index is -0.582. The lowest BCUT2D eigenvalue weighted by Gasteiger charge is -2.13. The molecular weight excluding hydrogens is 564 g/mol. The molecule has 1 fully saturated rings. The second kappa shape index (κ2) is 11.1. The molecule has 0 unspecified atom stereocenters. The number of hydrogen-bond acceptors (Lipinski definition) is 5. The zero-order valence-corrected chi connectivity index (χ0v) is 22.7. The van der Waals surface area contributed by atoms with Crippen LogP contribution in [-0.4, -0.2) is 40.2 Å². The average molecular weight is 584 g/mol. The van der Waals surface area contributed by atoms with Crippen LogP contribution in [-0.2, 0) is 16.1 Å². The number of thioether (sulfide) groups is 1. The summed E-state index contributed by atoms with van der Waals surface area (Å²) in [6.07, 6.45) is 3.38. The number of nitrogens with one attached hydrogen (secondary N) is 1. The quantitative estimate of drug-likeness (QED) is 0.241. The Hall–Kier alpha value is -3.79. The summed E-state index contributed by atoms with van der Waals surface area (Å²) < 4.78 is 21.4. The predicted octanol–water partition coefficient (Wildman–Crippen LogP) is 6.82. The monoisotopic (exact) mass is 583 g/mol. The highest BCUT2D eigenvalue weighted by Gasteiger charge is 2.36. The minimum Gasteiger partial charge on any atom is -0.495 e. The van der Waals surface area contributed by atoms with Crippen molar-refractivity contribution in [2.45, 2.75) is 6.54 Å². The number of methoxy groups -OCH3 is 1. The third kappa shape index (κ3) is 5.52. The first-order valence-corrected chi connectivity index (χ1v) is 13.2. The summed E-state index contributed by atoms with van der Waals surface area (Å²) in [6, 6.07) is 16.7. The summed E-state index contributed by atoms with van der Waals surface area (Å²) >= 11 is 13.1. The van der Waals surface area contributed by atoms with Crippen molar-refractivity contribution >= 4 is 74.7 Å². The van der Waals surface area contributed by atoms with E-state index in [9.17, 15) is 18.8 Å². The lowest BCUT2D eigenvalue weighted by atomic mass is 10.1. The van der Waals surface area contributed by atoms with E-state index in [2.05, 4.69) is 5.32 Å². The number of benzene rings is 3. The number of hydrogen-bond donors (Lipinski definition) is 1. The molecule has 0 radical (unpaired) electrons. The lowest BCUT2D eigenvalue weighted by molar-refractivity contribution is -0.127. The Morgan fingerprint density at radius 3 is 2.62 bits per heavy atom. The molecule has 0 atom stereocenters. The van der Waals surface area contributed by atoms with Crippen LogP contribution in [0.1, 0.15) is 11.1 Å². The third-order valence-corrected chi connectivity index (χ3v) is 7.66. The van der Waals surface area contributed by atoms with Gasteiger partial charge in [-0.2, -0.15) is 0 Å². The molecule has 0 spiro atoms. The molecule has 1 saturated heterocycles. The number of fused-ring (bicyclic) bond motifs is 1. The molecule has 11 heteroatoms. The Bertz CT molecular complexity index is 1650. The van der Waals surface area contributed by atoms with E-state index in [1.165, 1.54) is 19.2 Å². The van der Waals surface area contributed by atoms with E-state index in [0.717, 1.165) is 27.6 Å². The molecule has 4 aromatic rings. The molecule has 198 valence electrons. The van der Waals surface area contributed by atoms with Crippen LogP contribution in [0.15, 0.2) is 71.8 Å². The van der Waals surface area contributed by atoms with Crippen molar-refractivity contribution < 1.29 is 23.5 Å². The van der Waals surface area contributed by atoms with Crippen LogP contribution in [0.3, 0.4) is 0 Å². The molecular formula is C28H20Cl2FN3O4S. The van der Waals surface area contributed by atoms with Gasteiger partial charge in [-0.1, -0.05) is 47.5 Å². The van der Waals surface area contributed by atoms with Crippen LogP contribution in [0.4, 0.5) is 14.9 Å². The van der Waals surface area contributed by atoms with Gasteiger partial charge in [-0.25, -0.2) is 4.39 Å². The molecule has 39 heavy (non-hydrogen) atoms. The van der Waals surface area contributed by atoms with Gasteiger partial charge < -0.3 is 14.6 Å². The lowest BCUT2D eigenvalue weighted by Crippen LogP contribution is -2.36. The number of aromatic nitrogens is 1. The van der Waals surface area contributed by atoms with Crippen molar-refractivity contribution in [3.8, 4) is 5.75 Å². The molecule has 1 aromatic heterocycles. The van der Waals surface area contributed by atoms with Crippen LogP contribution < -0.4 is 10.1 Å². The van der Waals surface area contributed by atoms with Crippen LogP contribution >= 0.6 is 35.0 Å². The van der Waals surface area contributed by atoms with E-state index in [4.69, 9.17) is 27.9 Å². The van der Waals surface area contributed by atoms with Gasteiger partial charge in [0.05, 0.1) is 23.6 Å². The smallest absolute Gasteiger partial charge is 0.294 e. The van der Waals surface area contributed by atoms with Gasteiger partial charge in [-0.05, 0) is 54.2 Å². The first kappa shape index (κ1) is 26.8. The summed E-state index contributed by atoms with van der Waals surface area (Å²) in [5, 5.41) is 3.50. The highest BCUT2D eigenvalue weighted by atomic mass is 35.5. The summed E-state index contributed by atoms with van der Waals surface area (Å²) in [7, 11) is 1.48. The molecule has 1 N–H and O–H groups in total. The van der Waals surface area contributed by atoms with Gasteiger partial charge in [-0.15, -0.1) is 0 Å². The fourth-order valence-electron chi connectivity index (χ4n) is 4.24. The number of para-hydroxylation sites is 1. The van der Waals surface area contributed by atoms with E-state index in [-0.39, 0.29) is 11.4 Å². The standard InChI is InChI=1S/C28H20Cl2FN3O4S/c1-38-24-10-9-17(12-21(24)30)32-26(35)15-34-27(36)25(39-28(34)37)11-16-13-33(23-8-3-2-5-18(16)23)14-19-20(29)6-4-7-22(19)31/h2-13H,14-15H2,1H3,(H,32,35)/b25-11+. The summed E-state index contributed by atoms with van der Waals surface area (Å²) in [4.78, 5) is 39.4. The zero-order chi connectivity index (χ0) is 27.7. The number of ether oxygens (including phenoxy) is 1. The van der Waals surface area contributed by atoms with Crippen molar-refractivity contribution in [3.05, 3.63) is 98.8 Å². The van der Waals surface area contributed by atoms with Crippen molar-refractivity contribution in [2.75, 3.05) is 19.0 Å². The second-order valence-corrected chi connectivity index (χ2v) is 10.4. The Morgan fingerprint density at radius 2 is 1.87 bits per heavy atom. The Morgan fingerprint density at radius 1 is 1.08 bits per heavy atom. The number of carbonyl (C=O) groups is 3. The highest BCUT2D eigenvalue weighted by molar-refractivity contribution is 8.18. The molecule has 0 saturated carbocycles. The SMILES string of the molecule is COc1ccc(NC(=O)CN2C(=O)S/C(=C/c3cn(Cc4c(F)cccc4Cl)c4ccccc34)C2=O)cc1Cl. The fourth-order valence-corrected chi connectivity index (χ4v) is 5.55. The van der Waals surface area contributed by atoms with E-state index >= 15 is 0 Å². The first-order chi connectivity index (χ1) is 18.7. The number of carbonyl (C=O) groups excluding carboxylic acids is 3. The van der Waals surface area contributed by atoms with Gasteiger partial charge in [0.15, 0.2) is 0 Å². The third-order valence-electron chi connectivity index (χ3n) is 6.11. The predicted molar refractivity (Wildman–Crippen MR) is 152 cm³/mol. The number of imide groups is 1. The van der Waals surface area contributed by atoms with Gasteiger partial charge in [0.25, 0.3) is 11.1 Å². The van der Waals surface area contributed by atoms with Crippen LogP contribution in [0.25, 0.3) is 17.0 Å². The maximum absolute atomic E-state index is 14.5. The summed E-state index contributed by atoms with van der Waals surface area (Å²) in [5.74, 6) is -1.11. The van der Waals surface area contributed by atoms with E-state index in [1.54, 1.807) is 36.5 Å². The molecule has 2 heterocycles.